The van der Waals surface area contributed by atoms with Gasteiger partial charge in [0, 0.05) is 12.5 Å². The van der Waals surface area contributed by atoms with Gasteiger partial charge in [0.2, 0.25) is 5.91 Å². The highest BCUT2D eigenvalue weighted by atomic mass is 32.2. The van der Waals surface area contributed by atoms with Crippen molar-refractivity contribution in [2.24, 2.45) is 0 Å². The van der Waals surface area contributed by atoms with Crippen molar-refractivity contribution >= 4 is 17.7 Å². The summed E-state index contributed by atoms with van der Waals surface area (Å²) in [6, 6.07) is 10.2. The zero-order chi connectivity index (χ0) is 16.8. The van der Waals surface area contributed by atoms with E-state index >= 15 is 0 Å². The fourth-order valence-electron chi connectivity index (χ4n) is 2.40. The zero-order valence-electron chi connectivity index (χ0n) is 14.1. The number of carbonyl (C=O) groups excluding carboxylic acids is 1. The molecule has 6 heteroatoms. The van der Waals surface area contributed by atoms with Crippen LogP contribution < -0.4 is 5.32 Å². The van der Waals surface area contributed by atoms with Crippen molar-refractivity contribution in [2.45, 2.75) is 51.4 Å². The summed E-state index contributed by atoms with van der Waals surface area (Å²) >= 11 is 1.43. The molecular weight excluding hydrogens is 308 g/mol. The molecule has 2 aromatic rings. The Hall–Kier alpha value is -1.82. The van der Waals surface area contributed by atoms with E-state index < -0.39 is 0 Å². The highest BCUT2D eigenvalue weighted by Gasteiger charge is 2.16. The minimum atomic E-state index is -0.00142. The van der Waals surface area contributed by atoms with Crippen LogP contribution in [0, 0.1) is 0 Å². The van der Waals surface area contributed by atoms with Crippen LogP contribution in [0.2, 0.25) is 0 Å². The molecule has 0 saturated carbocycles. The van der Waals surface area contributed by atoms with E-state index in [4.69, 9.17) is 0 Å². The van der Waals surface area contributed by atoms with Crippen LogP contribution >= 0.6 is 11.8 Å². The molecule has 0 fully saturated rings. The van der Waals surface area contributed by atoms with Crippen LogP contribution in [0.4, 0.5) is 0 Å². The van der Waals surface area contributed by atoms with Crippen molar-refractivity contribution < 1.29 is 4.79 Å². The van der Waals surface area contributed by atoms with E-state index in [-0.39, 0.29) is 18.0 Å². The van der Waals surface area contributed by atoms with Crippen LogP contribution in [0.5, 0.6) is 0 Å². The lowest BCUT2D eigenvalue weighted by molar-refractivity contribution is -0.119. The Morgan fingerprint density at radius 2 is 1.91 bits per heavy atom. The van der Waals surface area contributed by atoms with Gasteiger partial charge in [0.25, 0.3) is 0 Å². The normalized spacial score (nSPS) is 12.4. The number of benzene rings is 1. The topological polar surface area (TPSA) is 59.8 Å². The van der Waals surface area contributed by atoms with E-state index in [0.29, 0.717) is 5.75 Å². The summed E-state index contributed by atoms with van der Waals surface area (Å²) in [7, 11) is 0. The smallest absolute Gasteiger partial charge is 0.230 e. The van der Waals surface area contributed by atoms with Crippen molar-refractivity contribution in [2.75, 3.05) is 5.75 Å². The molecule has 1 aromatic heterocycles. The highest BCUT2D eigenvalue weighted by Crippen LogP contribution is 2.22. The molecule has 0 aliphatic carbocycles. The Labute approximate surface area is 141 Å². The zero-order valence-corrected chi connectivity index (χ0v) is 14.9. The van der Waals surface area contributed by atoms with Crippen molar-refractivity contribution in [1.29, 1.82) is 0 Å². The number of nitrogens with zero attached hydrogens (tertiary/aromatic N) is 3. The van der Waals surface area contributed by atoms with E-state index in [9.17, 15) is 4.79 Å². The minimum Gasteiger partial charge on any atom is -0.349 e. The predicted molar refractivity (Wildman–Crippen MR) is 93.5 cm³/mol. The van der Waals surface area contributed by atoms with Crippen LogP contribution in [0.15, 0.2) is 35.5 Å². The third-order valence-corrected chi connectivity index (χ3v) is 4.52. The number of thioether (sulfide) groups is 1. The molecule has 0 spiro atoms. The second-order valence-electron chi connectivity index (χ2n) is 5.70. The minimum absolute atomic E-state index is 0.00142. The summed E-state index contributed by atoms with van der Waals surface area (Å²) in [6.07, 6.45) is 0.836. The SMILES string of the molecule is CCc1nnc(SCC(=O)NC(C)c2ccccc2)n1C(C)C. The van der Waals surface area contributed by atoms with Gasteiger partial charge in [-0.15, -0.1) is 10.2 Å². The predicted octanol–water partition coefficient (Wildman–Crippen LogP) is 3.39. The quantitative estimate of drug-likeness (QED) is 0.790. The van der Waals surface area contributed by atoms with E-state index in [1.807, 2.05) is 37.3 Å². The van der Waals surface area contributed by atoms with Gasteiger partial charge in [-0.05, 0) is 26.3 Å². The van der Waals surface area contributed by atoms with Crippen molar-refractivity contribution in [1.82, 2.24) is 20.1 Å². The fourth-order valence-corrected chi connectivity index (χ4v) is 3.30. The lowest BCUT2D eigenvalue weighted by Crippen LogP contribution is -2.28. The van der Waals surface area contributed by atoms with Gasteiger partial charge < -0.3 is 9.88 Å². The van der Waals surface area contributed by atoms with E-state index in [1.54, 1.807) is 0 Å². The van der Waals surface area contributed by atoms with Crippen LogP contribution in [0.1, 0.15) is 51.2 Å². The monoisotopic (exact) mass is 332 g/mol. The van der Waals surface area contributed by atoms with Crippen LogP contribution in [-0.4, -0.2) is 26.4 Å². The van der Waals surface area contributed by atoms with Gasteiger partial charge in [0.1, 0.15) is 5.82 Å². The number of nitrogens with one attached hydrogen (secondary N) is 1. The third-order valence-electron chi connectivity index (χ3n) is 3.58. The van der Waals surface area contributed by atoms with Gasteiger partial charge in [-0.1, -0.05) is 49.0 Å². The van der Waals surface area contributed by atoms with Crippen molar-refractivity contribution in [3.8, 4) is 0 Å². The van der Waals surface area contributed by atoms with Gasteiger partial charge in [0.15, 0.2) is 5.16 Å². The van der Waals surface area contributed by atoms with Gasteiger partial charge in [-0.3, -0.25) is 4.79 Å². The second-order valence-corrected chi connectivity index (χ2v) is 6.65. The molecule has 0 aliphatic rings. The number of aryl methyl sites for hydroxylation is 1. The molecule has 23 heavy (non-hydrogen) atoms. The molecule has 5 nitrogen and oxygen atoms in total. The first-order valence-electron chi connectivity index (χ1n) is 7.93. The fraction of sp³-hybridized carbons (Fsp3) is 0.471. The Kier molecular flexibility index (Phi) is 6.21. The third kappa shape index (κ3) is 4.58. The first-order chi connectivity index (χ1) is 11.0. The molecule has 2 rings (SSSR count). The molecule has 1 aromatic carbocycles. The maximum absolute atomic E-state index is 12.2. The Morgan fingerprint density at radius 1 is 1.22 bits per heavy atom. The summed E-state index contributed by atoms with van der Waals surface area (Å²) in [4.78, 5) is 12.2. The molecule has 1 unspecified atom stereocenters. The number of hydrogen-bond donors (Lipinski definition) is 1. The first kappa shape index (κ1) is 17.5. The average Bonchev–Trinajstić information content (AvgIpc) is 2.97. The molecule has 1 N–H and O–H groups in total. The molecule has 0 bridgehead atoms. The number of hydrogen-bond acceptors (Lipinski definition) is 4. The molecule has 0 aliphatic heterocycles. The number of rotatable bonds is 7. The van der Waals surface area contributed by atoms with E-state index in [0.717, 1.165) is 23.0 Å². The summed E-state index contributed by atoms with van der Waals surface area (Å²) in [5.41, 5.74) is 1.10. The summed E-state index contributed by atoms with van der Waals surface area (Å²) in [5.74, 6) is 1.30. The Morgan fingerprint density at radius 3 is 2.52 bits per heavy atom. The highest BCUT2D eigenvalue weighted by molar-refractivity contribution is 7.99. The van der Waals surface area contributed by atoms with Gasteiger partial charge in [0.05, 0.1) is 11.8 Å². The molecule has 124 valence electrons. The summed E-state index contributed by atoms with van der Waals surface area (Å²) in [6.45, 7) is 8.25. The number of amides is 1. The van der Waals surface area contributed by atoms with Gasteiger partial charge in [-0.25, -0.2) is 0 Å². The Balaban J connectivity index is 1.93. The molecule has 1 heterocycles. The van der Waals surface area contributed by atoms with Crippen LogP contribution in [-0.2, 0) is 11.2 Å². The van der Waals surface area contributed by atoms with Crippen LogP contribution in [0.25, 0.3) is 0 Å². The largest absolute Gasteiger partial charge is 0.349 e. The molecular formula is C17H24N4OS. The van der Waals surface area contributed by atoms with Crippen LogP contribution in [0.3, 0.4) is 0 Å². The molecule has 1 atom stereocenters. The van der Waals surface area contributed by atoms with Crippen molar-refractivity contribution in [3.05, 3.63) is 41.7 Å². The second kappa shape index (κ2) is 8.15. The van der Waals surface area contributed by atoms with Crippen molar-refractivity contribution in [3.63, 3.8) is 0 Å². The molecule has 0 saturated heterocycles. The average molecular weight is 332 g/mol. The van der Waals surface area contributed by atoms with E-state index in [2.05, 4.69) is 40.9 Å². The van der Waals surface area contributed by atoms with E-state index in [1.165, 1.54) is 11.8 Å². The lowest BCUT2D eigenvalue weighted by atomic mass is 10.1. The first-order valence-corrected chi connectivity index (χ1v) is 8.92. The number of carbonyl (C=O) groups is 1. The Bertz CT molecular complexity index is 639. The molecule has 1 amide bonds. The maximum atomic E-state index is 12.2. The van der Waals surface area contributed by atoms with Gasteiger partial charge >= 0.3 is 0 Å². The summed E-state index contributed by atoms with van der Waals surface area (Å²) < 4.78 is 2.10. The maximum Gasteiger partial charge on any atom is 0.230 e. The lowest BCUT2D eigenvalue weighted by Gasteiger charge is -2.15. The molecule has 0 radical (unpaired) electrons. The van der Waals surface area contributed by atoms with Gasteiger partial charge in [-0.2, -0.15) is 0 Å². The number of aromatic nitrogens is 3. The summed E-state index contributed by atoms with van der Waals surface area (Å²) in [5, 5.41) is 12.2. The standard InChI is InChI=1S/C17H24N4OS/c1-5-15-19-20-17(21(15)12(2)3)23-11-16(22)18-13(4)14-9-7-6-8-10-14/h6-10,12-13H,5,11H2,1-4H3,(H,18,22).